The quantitative estimate of drug-likeness (QED) is 0.843. The van der Waals surface area contributed by atoms with E-state index in [1.807, 2.05) is 19.9 Å². The van der Waals surface area contributed by atoms with E-state index in [2.05, 4.69) is 0 Å². The summed E-state index contributed by atoms with van der Waals surface area (Å²) in [6, 6.07) is 6.63. The molecule has 0 aliphatic heterocycles. The van der Waals surface area contributed by atoms with Gasteiger partial charge in [-0.1, -0.05) is 13.0 Å². The molecule has 1 aromatic rings. The van der Waals surface area contributed by atoms with E-state index >= 15 is 0 Å². The van der Waals surface area contributed by atoms with Gasteiger partial charge in [0, 0.05) is 0 Å². The van der Waals surface area contributed by atoms with Crippen LogP contribution >= 0.6 is 0 Å². The van der Waals surface area contributed by atoms with Crippen LogP contribution in [0.5, 0.6) is 5.75 Å². The van der Waals surface area contributed by atoms with Gasteiger partial charge in [0.25, 0.3) is 0 Å². The number of aryl methyl sites for hydroxylation is 1. The Balaban J connectivity index is 2.99. The Morgan fingerprint density at radius 3 is 2.81 bits per heavy atom. The summed E-state index contributed by atoms with van der Waals surface area (Å²) in [5.74, 6) is -0.553. The van der Waals surface area contributed by atoms with Gasteiger partial charge < -0.3 is 9.84 Å². The van der Waals surface area contributed by atoms with Crippen LogP contribution in [0.3, 0.4) is 0 Å². The fourth-order valence-corrected chi connectivity index (χ4v) is 1.21. The second-order valence-corrected chi connectivity index (χ2v) is 3.43. The second-order valence-electron chi connectivity index (χ2n) is 3.43. The van der Waals surface area contributed by atoms with Crippen molar-refractivity contribution in [1.82, 2.24) is 0 Å². The van der Waals surface area contributed by atoms with Crippen LogP contribution in [0.4, 0.5) is 0 Å². The van der Waals surface area contributed by atoms with E-state index in [9.17, 15) is 4.79 Å². The van der Waals surface area contributed by atoms with Gasteiger partial charge in [0.15, 0.2) is 6.10 Å². The lowest BCUT2D eigenvalue weighted by atomic mass is 10.1. The van der Waals surface area contributed by atoms with E-state index in [-0.39, 0.29) is 5.56 Å². The van der Waals surface area contributed by atoms with E-state index < -0.39 is 12.1 Å². The summed E-state index contributed by atoms with van der Waals surface area (Å²) in [6.45, 7) is 3.65. The van der Waals surface area contributed by atoms with Crippen LogP contribution in [-0.4, -0.2) is 17.2 Å². The molecule has 0 spiro atoms. The molecule has 1 unspecified atom stereocenters. The Morgan fingerprint density at radius 2 is 2.31 bits per heavy atom. The maximum absolute atomic E-state index is 10.8. The number of carboxylic acid groups (broad SMARTS) is 1. The number of aromatic carboxylic acids is 1. The highest BCUT2D eigenvalue weighted by Gasteiger charge is 2.11. The van der Waals surface area contributed by atoms with Crippen molar-refractivity contribution >= 4 is 5.97 Å². The summed E-state index contributed by atoms with van der Waals surface area (Å²) in [6.07, 6.45) is 0.0236. The Morgan fingerprint density at radius 1 is 1.62 bits per heavy atom. The van der Waals surface area contributed by atoms with Gasteiger partial charge in [-0.25, -0.2) is 4.79 Å². The average molecular weight is 219 g/mol. The van der Waals surface area contributed by atoms with Crippen molar-refractivity contribution in [3.05, 3.63) is 29.3 Å². The first-order valence-electron chi connectivity index (χ1n) is 4.98. The predicted octanol–water partition coefficient (Wildman–Crippen LogP) is 2.37. The van der Waals surface area contributed by atoms with Gasteiger partial charge in [0.05, 0.1) is 5.56 Å². The van der Waals surface area contributed by atoms with Crippen LogP contribution in [-0.2, 0) is 0 Å². The molecule has 1 aromatic carbocycles. The maximum Gasteiger partial charge on any atom is 0.335 e. The van der Waals surface area contributed by atoms with Crippen molar-refractivity contribution in [2.24, 2.45) is 0 Å². The van der Waals surface area contributed by atoms with Gasteiger partial charge >= 0.3 is 5.97 Å². The Bertz CT molecular complexity index is 434. The molecule has 4 heteroatoms. The second kappa shape index (κ2) is 5.17. The van der Waals surface area contributed by atoms with Crippen molar-refractivity contribution in [1.29, 1.82) is 5.26 Å². The number of carboxylic acids is 1. The van der Waals surface area contributed by atoms with Crippen LogP contribution in [0, 0.1) is 18.3 Å². The molecule has 0 heterocycles. The zero-order valence-corrected chi connectivity index (χ0v) is 9.23. The lowest BCUT2D eigenvalue weighted by Gasteiger charge is -2.13. The molecule has 84 valence electrons. The molecule has 0 saturated heterocycles. The van der Waals surface area contributed by atoms with E-state index in [1.165, 1.54) is 12.1 Å². The van der Waals surface area contributed by atoms with Gasteiger partial charge in [-0.3, -0.25) is 0 Å². The molecule has 0 radical (unpaired) electrons. The summed E-state index contributed by atoms with van der Waals surface area (Å²) in [7, 11) is 0. The number of carbonyl (C=O) groups is 1. The van der Waals surface area contributed by atoms with Crippen molar-refractivity contribution in [2.75, 3.05) is 0 Å². The SMILES string of the molecule is CCC(C#N)Oc1cc(C(=O)O)ccc1C. The minimum absolute atomic E-state index is 0.161. The Labute approximate surface area is 94.1 Å². The van der Waals surface area contributed by atoms with Gasteiger partial charge in [-0.15, -0.1) is 0 Å². The zero-order valence-electron chi connectivity index (χ0n) is 9.23. The van der Waals surface area contributed by atoms with Crippen molar-refractivity contribution in [3.8, 4) is 11.8 Å². The standard InChI is InChI=1S/C12H13NO3/c1-3-10(7-13)16-11-6-9(12(14)15)5-4-8(11)2/h4-6,10H,3H2,1-2H3,(H,14,15). The number of rotatable bonds is 4. The predicted molar refractivity (Wildman–Crippen MR) is 58.5 cm³/mol. The van der Waals surface area contributed by atoms with E-state index in [0.29, 0.717) is 12.2 Å². The molecular weight excluding hydrogens is 206 g/mol. The van der Waals surface area contributed by atoms with Gasteiger partial charge in [0.1, 0.15) is 11.8 Å². The normalized spacial score (nSPS) is 11.6. The van der Waals surface area contributed by atoms with Crippen LogP contribution in [0.25, 0.3) is 0 Å². The molecule has 0 amide bonds. The molecule has 0 bridgehead atoms. The van der Waals surface area contributed by atoms with Crippen LogP contribution < -0.4 is 4.74 Å². The summed E-state index contributed by atoms with van der Waals surface area (Å²) in [4.78, 5) is 10.8. The van der Waals surface area contributed by atoms with Crippen molar-refractivity contribution in [2.45, 2.75) is 26.4 Å². The van der Waals surface area contributed by atoms with E-state index in [1.54, 1.807) is 6.07 Å². The number of ether oxygens (including phenoxy) is 1. The fraction of sp³-hybridized carbons (Fsp3) is 0.333. The van der Waals surface area contributed by atoms with E-state index in [0.717, 1.165) is 5.56 Å². The third-order valence-electron chi connectivity index (χ3n) is 2.22. The van der Waals surface area contributed by atoms with Gasteiger partial charge in [0.2, 0.25) is 0 Å². The van der Waals surface area contributed by atoms with Gasteiger partial charge in [-0.2, -0.15) is 5.26 Å². The fourth-order valence-electron chi connectivity index (χ4n) is 1.21. The number of hydrogen-bond acceptors (Lipinski definition) is 3. The lowest BCUT2D eigenvalue weighted by Crippen LogP contribution is -2.13. The number of nitrogens with zero attached hydrogens (tertiary/aromatic N) is 1. The molecule has 1 N–H and O–H groups in total. The molecule has 1 rings (SSSR count). The summed E-state index contributed by atoms with van der Waals surface area (Å²) in [5, 5.41) is 17.6. The minimum atomic E-state index is -1.00. The summed E-state index contributed by atoms with van der Waals surface area (Å²) >= 11 is 0. The minimum Gasteiger partial charge on any atom is -0.478 e. The molecule has 0 fully saturated rings. The Kier molecular flexibility index (Phi) is 3.90. The third-order valence-corrected chi connectivity index (χ3v) is 2.22. The average Bonchev–Trinajstić information content (AvgIpc) is 2.27. The number of hydrogen-bond donors (Lipinski definition) is 1. The first kappa shape index (κ1) is 12.1. The summed E-state index contributed by atoms with van der Waals surface area (Å²) < 4.78 is 5.41. The summed E-state index contributed by atoms with van der Waals surface area (Å²) in [5.41, 5.74) is 0.979. The van der Waals surface area contributed by atoms with Crippen LogP contribution in [0.15, 0.2) is 18.2 Å². The molecule has 0 aliphatic rings. The maximum atomic E-state index is 10.8. The molecule has 16 heavy (non-hydrogen) atoms. The molecule has 0 aromatic heterocycles. The van der Waals surface area contributed by atoms with Crippen LogP contribution in [0.1, 0.15) is 29.3 Å². The van der Waals surface area contributed by atoms with Crippen molar-refractivity contribution < 1.29 is 14.6 Å². The first-order valence-corrected chi connectivity index (χ1v) is 4.98. The monoisotopic (exact) mass is 219 g/mol. The first-order chi connectivity index (χ1) is 7.58. The zero-order chi connectivity index (χ0) is 12.1. The van der Waals surface area contributed by atoms with Crippen molar-refractivity contribution in [3.63, 3.8) is 0 Å². The molecule has 0 aliphatic carbocycles. The lowest BCUT2D eigenvalue weighted by molar-refractivity contribution is 0.0696. The highest BCUT2D eigenvalue weighted by molar-refractivity contribution is 5.88. The topological polar surface area (TPSA) is 70.3 Å². The van der Waals surface area contributed by atoms with Gasteiger partial charge in [-0.05, 0) is 31.0 Å². The third kappa shape index (κ3) is 2.74. The Hall–Kier alpha value is -2.02. The molecule has 0 saturated carbocycles. The molecule has 4 nitrogen and oxygen atoms in total. The number of nitriles is 1. The smallest absolute Gasteiger partial charge is 0.335 e. The number of benzene rings is 1. The highest BCUT2D eigenvalue weighted by atomic mass is 16.5. The van der Waals surface area contributed by atoms with E-state index in [4.69, 9.17) is 15.1 Å². The van der Waals surface area contributed by atoms with Crippen LogP contribution in [0.2, 0.25) is 0 Å². The molecule has 1 atom stereocenters. The largest absolute Gasteiger partial charge is 0.478 e. The molecular formula is C12H13NO3. The highest BCUT2D eigenvalue weighted by Crippen LogP contribution is 2.21.